The van der Waals surface area contributed by atoms with E-state index in [4.69, 9.17) is 0 Å². The monoisotopic (exact) mass is 221 g/mol. The summed E-state index contributed by atoms with van der Waals surface area (Å²) in [6, 6.07) is 9.19. The number of aldehydes is 1. The topological polar surface area (TPSA) is 60.2 Å². The predicted molar refractivity (Wildman–Crippen MR) is 60.9 cm³/mol. The van der Waals surface area contributed by atoms with Crippen molar-refractivity contribution in [2.75, 3.05) is 6.54 Å². The molecule has 0 radical (unpaired) electrons. The minimum Gasteiger partial charge on any atom is -0.303 e. The van der Waals surface area contributed by atoms with Crippen LogP contribution in [0, 0.1) is 16.0 Å². The molecule has 1 aromatic carbocycles. The van der Waals surface area contributed by atoms with Crippen LogP contribution in [0.1, 0.15) is 24.8 Å². The van der Waals surface area contributed by atoms with Gasteiger partial charge in [-0.15, -0.1) is 0 Å². The first-order valence-corrected chi connectivity index (χ1v) is 5.31. The predicted octanol–water partition coefficient (Wildman–Crippen LogP) is 2.27. The third kappa shape index (κ3) is 3.15. The zero-order chi connectivity index (χ0) is 12.0. The molecule has 86 valence electrons. The van der Waals surface area contributed by atoms with Gasteiger partial charge in [0.15, 0.2) is 0 Å². The summed E-state index contributed by atoms with van der Waals surface area (Å²) in [4.78, 5) is 21.2. The van der Waals surface area contributed by atoms with Crippen molar-refractivity contribution in [3.05, 3.63) is 46.0 Å². The molecule has 0 fully saturated rings. The van der Waals surface area contributed by atoms with Gasteiger partial charge in [0.2, 0.25) is 6.54 Å². The van der Waals surface area contributed by atoms with Gasteiger partial charge in [0.25, 0.3) is 0 Å². The Morgan fingerprint density at radius 3 is 2.44 bits per heavy atom. The summed E-state index contributed by atoms with van der Waals surface area (Å²) in [6.45, 7) is 1.68. The molecule has 1 rings (SSSR count). The lowest BCUT2D eigenvalue weighted by atomic mass is 9.85. The highest BCUT2D eigenvalue weighted by Gasteiger charge is 2.25. The van der Waals surface area contributed by atoms with Gasteiger partial charge in [-0.2, -0.15) is 0 Å². The highest BCUT2D eigenvalue weighted by molar-refractivity contribution is 5.55. The van der Waals surface area contributed by atoms with E-state index in [1.54, 1.807) is 0 Å². The van der Waals surface area contributed by atoms with E-state index in [9.17, 15) is 14.9 Å². The van der Waals surface area contributed by atoms with Crippen molar-refractivity contribution in [2.24, 2.45) is 5.92 Å². The van der Waals surface area contributed by atoms with Crippen LogP contribution in [0.25, 0.3) is 0 Å². The third-order valence-electron chi connectivity index (χ3n) is 2.74. The molecule has 0 heterocycles. The Labute approximate surface area is 94.4 Å². The lowest BCUT2D eigenvalue weighted by Gasteiger charge is -2.18. The first-order chi connectivity index (χ1) is 7.69. The van der Waals surface area contributed by atoms with E-state index in [0.29, 0.717) is 6.42 Å². The quantitative estimate of drug-likeness (QED) is 0.420. The van der Waals surface area contributed by atoms with E-state index in [1.807, 2.05) is 37.3 Å². The summed E-state index contributed by atoms with van der Waals surface area (Å²) in [7, 11) is 0. The van der Waals surface area contributed by atoms with Gasteiger partial charge in [0, 0.05) is 10.8 Å². The first kappa shape index (κ1) is 12.4. The Kier molecular flexibility index (Phi) is 4.64. The number of nitrogens with zero attached hydrogens (tertiary/aromatic N) is 1. The molecule has 4 nitrogen and oxygen atoms in total. The van der Waals surface area contributed by atoms with Gasteiger partial charge in [-0.05, 0) is 12.0 Å². The maximum absolute atomic E-state index is 10.9. The summed E-state index contributed by atoms with van der Waals surface area (Å²) in [5.74, 6) is -0.605. The van der Waals surface area contributed by atoms with Crippen molar-refractivity contribution in [1.29, 1.82) is 0 Å². The minimum atomic E-state index is -0.357. The number of carbonyl (C=O) groups excluding carboxylic acids is 1. The van der Waals surface area contributed by atoms with E-state index >= 15 is 0 Å². The summed E-state index contributed by atoms with van der Waals surface area (Å²) in [5, 5.41) is 10.6. The van der Waals surface area contributed by atoms with Crippen LogP contribution < -0.4 is 0 Å². The molecular weight excluding hydrogens is 206 g/mol. The Morgan fingerprint density at radius 2 is 2.00 bits per heavy atom. The second kappa shape index (κ2) is 6.00. The van der Waals surface area contributed by atoms with E-state index in [-0.39, 0.29) is 23.3 Å². The number of rotatable bonds is 6. The van der Waals surface area contributed by atoms with Crippen LogP contribution in [0.3, 0.4) is 0 Å². The van der Waals surface area contributed by atoms with Crippen LogP contribution in [0.4, 0.5) is 0 Å². The molecule has 0 amide bonds. The number of hydrogen-bond donors (Lipinski definition) is 0. The van der Waals surface area contributed by atoms with E-state index in [0.717, 1.165) is 11.8 Å². The SMILES string of the molecule is CC[C@H](C=O)[C@@H](C[N+](=O)[O-])c1ccccc1. The molecular formula is C12H15NO3. The maximum Gasteiger partial charge on any atom is 0.211 e. The molecule has 4 heteroatoms. The second-order valence-corrected chi connectivity index (χ2v) is 3.74. The van der Waals surface area contributed by atoms with Gasteiger partial charge in [-0.3, -0.25) is 10.1 Å². The van der Waals surface area contributed by atoms with Crippen molar-refractivity contribution in [3.63, 3.8) is 0 Å². The molecule has 0 saturated carbocycles. The molecule has 0 spiro atoms. The molecule has 16 heavy (non-hydrogen) atoms. The maximum atomic E-state index is 10.9. The molecule has 0 N–H and O–H groups in total. The second-order valence-electron chi connectivity index (χ2n) is 3.74. The fourth-order valence-corrected chi connectivity index (χ4v) is 1.82. The summed E-state index contributed by atoms with van der Waals surface area (Å²) >= 11 is 0. The summed E-state index contributed by atoms with van der Waals surface area (Å²) in [5.41, 5.74) is 0.859. The van der Waals surface area contributed by atoms with Crippen LogP contribution in [0.2, 0.25) is 0 Å². The van der Waals surface area contributed by atoms with Gasteiger partial charge in [-0.1, -0.05) is 37.3 Å². The van der Waals surface area contributed by atoms with E-state index < -0.39 is 0 Å². The fourth-order valence-electron chi connectivity index (χ4n) is 1.82. The molecule has 0 aliphatic carbocycles. The molecule has 0 aromatic heterocycles. The molecule has 0 aliphatic heterocycles. The molecule has 1 aromatic rings. The third-order valence-corrected chi connectivity index (χ3v) is 2.74. The number of hydrogen-bond acceptors (Lipinski definition) is 3. The highest BCUT2D eigenvalue weighted by atomic mass is 16.6. The Morgan fingerprint density at radius 1 is 1.38 bits per heavy atom. The van der Waals surface area contributed by atoms with E-state index in [2.05, 4.69) is 0 Å². The molecule has 2 atom stereocenters. The Hall–Kier alpha value is -1.71. The van der Waals surface area contributed by atoms with Crippen molar-refractivity contribution in [3.8, 4) is 0 Å². The lowest BCUT2D eigenvalue weighted by molar-refractivity contribution is -0.484. The van der Waals surface area contributed by atoms with Crippen LogP contribution in [-0.2, 0) is 4.79 Å². The van der Waals surface area contributed by atoms with Crippen LogP contribution in [0.15, 0.2) is 30.3 Å². The molecule has 0 unspecified atom stereocenters. The molecule has 0 saturated heterocycles. The molecule has 0 aliphatic rings. The number of nitro groups is 1. The van der Waals surface area contributed by atoms with Crippen molar-refractivity contribution >= 4 is 6.29 Å². The lowest BCUT2D eigenvalue weighted by Crippen LogP contribution is -2.22. The average molecular weight is 221 g/mol. The van der Waals surface area contributed by atoms with Gasteiger partial charge in [-0.25, -0.2) is 0 Å². The van der Waals surface area contributed by atoms with Crippen LogP contribution >= 0.6 is 0 Å². The fraction of sp³-hybridized carbons (Fsp3) is 0.417. The first-order valence-electron chi connectivity index (χ1n) is 5.31. The van der Waals surface area contributed by atoms with Gasteiger partial charge >= 0.3 is 0 Å². The highest BCUT2D eigenvalue weighted by Crippen LogP contribution is 2.25. The summed E-state index contributed by atoms with van der Waals surface area (Å²) in [6.07, 6.45) is 1.44. The summed E-state index contributed by atoms with van der Waals surface area (Å²) < 4.78 is 0. The van der Waals surface area contributed by atoms with Crippen LogP contribution in [0.5, 0.6) is 0 Å². The Balaban J connectivity index is 2.95. The zero-order valence-electron chi connectivity index (χ0n) is 9.20. The standard InChI is InChI=1S/C12H15NO3/c1-2-10(9-14)12(8-13(15)16)11-6-4-3-5-7-11/h3-7,9-10,12H,2,8H2,1H3/t10-,12-/m1/s1. The average Bonchev–Trinajstić information content (AvgIpc) is 2.30. The van der Waals surface area contributed by atoms with Crippen molar-refractivity contribution in [2.45, 2.75) is 19.3 Å². The van der Waals surface area contributed by atoms with Gasteiger partial charge in [0.05, 0.1) is 5.92 Å². The Bertz CT molecular complexity index is 351. The van der Waals surface area contributed by atoms with Gasteiger partial charge < -0.3 is 4.79 Å². The van der Waals surface area contributed by atoms with E-state index in [1.165, 1.54) is 0 Å². The van der Waals surface area contributed by atoms with Gasteiger partial charge in [0.1, 0.15) is 6.29 Å². The zero-order valence-corrected chi connectivity index (χ0v) is 9.20. The van der Waals surface area contributed by atoms with Crippen molar-refractivity contribution in [1.82, 2.24) is 0 Å². The number of carbonyl (C=O) groups is 1. The largest absolute Gasteiger partial charge is 0.303 e. The van der Waals surface area contributed by atoms with Crippen molar-refractivity contribution < 1.29 is 9.72 Å². The molecule has 0 bridgehead atoms. The number of benzene rings is 1. The smallest absolute Gasteiger partial charge is 0.211 e. The minimum absolute atomic E-state index is 0.193. The normalized spacial score (nSPS) is 14.1. The van der Waals surface area contributed by atoms with Crippen LogP contribution in [-0.4, -0.2) is 17.8 Å².